The molecule has 0 atom stereocenters. The van der Waals surface area contributed by atoms with Crippen molar-refractivity contribution in [2.45, 2.75) is 44.9 Å². The zero-order valence-corrected chi connectivity index (χ0v) is 13.3. The molecule has 1 amide bonds. The van der Waals surface area contributed by atoms with E-state index in [0.29, 0.717) is 12.3 Å². The molecule has 8 heteroatoms. The minimum atomic E-state index is -4.30. The predicted octanol–water partition coefficient (Wildman–Crippen LogP) is 2.18. The van der Waals surface area contributed by atoms with E-state index >= 15 is 0 Å². The van der Waals surface area contributed by atoms with E-state index in [9.17, 15) is 18.0 Å². The van der Waals surface area contributed by atoms with Gasteiger partial charge in [0.2, 0.25) is 5.91 Å². The Labute approximate surface area is 133 Å². The van der Waals surface area contributed by atoms with Crippen molar-refractivity contribution in [2.75, 3.05) is 20.1 Å². The first-order valence-corrected chi connectivity index (χ1v) is 7.86. The largest absolute Gasteiger partial charge is 0.406 e. The second kappa shape index (κ2) is 7.81. The number of nitrogens with zero attached hydrogens (tertiary/aromatic N) is 3. The molecule has 1 N–H and O–H groups in total. The highest BCUT2D eigenvalue weighted by atomic mass is 19.4. The maximum Gasteiger partial charge on any atom is 0.406 e. The van der Waals surface area contributed by atoms with E-state index in [1.54, 1.807) is 7.05 Å². The first-order chi connectivity index (χ1) is 10.8. The zero-order chi connectivity index (χ0) is 16.9. The normalized spacial score (nSPS) is 16.5. The summed E-state index contributed by atoms with van der Waals surface area (Å²) in [5.74, 6) is 0.756. The van der Waals surface area contributed by atoms with Crippen molar-refractivity contribution in [1.29, 1.82) is 0 Å². The Morgan fingerprint density at radius 3 is 2.78 bits per heavy atom. The lowest BCUT2D eigenvalue weighted by atomic mass is 9.93. The van der Waals surface area contributed by atoms with Crippen LogP contribution in [0, 0.1) is 5.92 Å². The molecule has 5 nitrogen and oxygen atoms in total. The van der Waals surface area contributed by atoms with Crippen LogP contribution in [0.15, 0.2) is 12.4 Å². The Morgan fingerprint density at radius 1 is 1.43 bits per heavy atom. The molecular weight excluding hydrogens is 309 g/mol. The smallest absolute Gasteiger partial charge is 0.338 e. The summed E-state index contributed by atoms with van der Waals surface area (Å²) in [5.41, 5.74) is 0. The maximum atomic E-state index is 12.5. The Hall–Kier alpha value is -1.57. The lowest BCUT2D eigenvalue weighted by Gasteiger charge is -2.23. The summed E-state index contributed by atoms with van der Waals surface area (Å²) in [6, 6.07) is 0. The molecule has 1 fully saturated rings. The highest BCUT2D eigenvalue weighted by molar-refractivity contribution is 5.75. The topological polar surface area (TPSA) is 50.2 Å². The zero-order valence-electron chi connectivity index (χ0n) is 13.3. The average molecular weight is 332 g/mol. The quantitative estimate of drug-likeness (QED) is 0.869. The van der Waals surface area contributed by atoms with Gasteiger partial charge in [0.25, 0.3) is 0 Å². The van der Waals surface area contributed by atoms with Crippen LogP contribution in [0.25, 0.3) is 0 Å². The van der Waals surface area contributed by atoms with Crippen molar-refractivity contribution >= 4 is 5.91 Å². The van der Waals surface area contributed by atoms with Crippen LogP contribution in [-0.2, 0) is 17.9 Å². The minimum Gasteiger partial charge on any atom is -0.338 e. The van der Waals surface area contributed by atoms with Crippen molar-refractivity contribution < 1.29 is 18.0 Å². The molecule has 1 saturated heterocycles. The second-order valence-electron chi connectivity index (χ2n) is 6.07. The summed E-state index contributed by atoms with van der Waals surface area (Å²) in [7, 11) is 1.61. The van der Waals surface area contributed by atoms with Crippen LogP contribution in [0.5, 0.6) is 0 Å². The van der Waals surface area contributed by atoms with Gasteiger partial charge in [0, 0.05) is 25.9 Å². The van der Waals surface area contributed by atoms with Crippen LogP contribution in [0.1, 0.15) is 31.5 Å². The number of amides is 1. The summed E-state index contributed by atoms with van der Waals surface area (Å²) in [4.78, 5) is 17.5. The number of carbonyl (C=O) groups is 1. The average Bonchev–Trinajstić information content (AvgIpc) is 2.90. The molecule has 1 aliphatic rings. The SMILES string of the molecule is CN(Cc1nccn1CC(F)(F)F)C(=O)CCC1CCNCC1. The van der Waals surface area contributed by atoms with Gasteiger partial charge in [-0.3, -0.25) is 4.79 Å². The molecule has 0 bridgehead atoms. The molecule has 2 heterocycles. The first-order valence-electron chi connectivity index (χ1n) is 7.86. The third-order valence-corrected chi connectivity index (χ3v) is 4.18. The van der Waals surface area contributed by atoms with Crippen molar-refractivity contribution in [1.82, 2.24) is 19.8 Å². The molecule has 0 spiro atoms. The van der Waals surface area contributed by atoms with E-state index in [4.69, 9.17) is 0 Å². The van der Waals surface area contributed by atoms with Gasteiger partial charge >= 0.3 is 6.18 Å². The van der Waals surface area contributed by atoms with E-state index in [1.807, 2.05) is 0 Å². The van der Waals surface area contributed by atoms with E-state index in [-0.39, 0.29) is 18.3 Å². The van der Waals surface area contributed by atoms with Crippen LogP contribution in [0.4, 0.5) is 13.2 Å². The van der Waals surface area contributed by atoms with Gasteiger partial charge in [0.15, 0.2) is 0 Å². The van der Waals surface area contributed by atoms with Crippen molar-refractivity contribution in [3.63, 3.8) is 0 Å². The Bertz CT molecular complexity index is 509. The molecule has 2 rings (SSSR count). The molecule has 1 aromatic rings. The van der Waals surface area contributed by atoms with Crippen LogP contribution in [0.3, 0.4) is 0 Å². The van der Waals surface area contributed by atoms with Gasteiger partial charge in [-0.25, -0.2) is 4.98 Å². The van der Waals surface area contributed by atoms with Crippen molar-refractivity contribution in [3.05, 3.63) is 18.2 Å². The van der Waals surface area contributed by atoms with Crippen LogP contribution in [0.2, 0.25) is 0 Å². The number of piperidine rings is 1. The number of hydrogen-bond acceptors (Lipinski definition) is 3. The monoisotopic (exact) mass is 332 g/mol. The van der Waals surface area contributed by atoms with Gasteiger partial charge in [-0.15, -0.1) is 0 Å². The maximum absolute atomic E-state index is 12.5. The lowest BCUT2D eigenvalue weighted by Crippen LogP contribution is -2.31. The number of alkyl halides is 3. The number of imidazole rings is 1. The third kappa shape index (κ3) is 5.85. The third-order valence-electron chi connectivity index (χ3n) is 4.18. The first kappa shape index (κ1) is 17.8. The summed E-state index contributed by atoms with van der Waals surface area (Å²) in [6.07, 6.45) is 1.74. The van der Waals surface area contributed by atoms with Crippen LogP contribution < -0.4 is 5.32 Å². The Morgan fingerprint density at radius 2 is 2.13 bits per heavy atom. The van der Waals surface area contributed by atoms with E-state index < -0.39 is 12.7 Å². The summed E-state index contributed by atoms with van der Waals surface area (Å²) in [6.45, 7) is 0.987. The summed E-state index contributed by atoms with van der Waals surface area (Å²) in [5, 5.41) is 3.28. The van der Waals surface area contributed by atoms with Gasteiger partial charge in [-0.05, 0) is 38.3 Å². The predicted molar refractivity (Wildman–Crippen MR) is 79.6 cm³/mol. The Balaban J connectivity index is 1.82. The molecule has 130 valence electrons. The number of aromatic nitrogens is 2. The van der Waals surface area contributed by atoms with Gasteiger partial charge in [-0.1, -0.05) is 0 Å². The molecule has 0 saturated carbocycles. The van der Waals surface area contributed by atoms with Crippen molar-refractivity contribution in [3.8, 4) is 0 Å². The fraction of sp³-hybridized carbons (Fsp3) is 0.733. The van der Waals surface area contributed by atoms with Gasteiger partial charge < -0.3 is 14.8 Å². The minimum absolute atomic E-state index is 0.0508. The molecule has 0 unspecified atom stereocenters. The second-order valence-corrected chi connectivity index (χ2v) is 6.07. The fourth-order valence-electron chi connectivity index (χ4n) is 2.82. The van der Waals surface area contributed by atoms with Crippen LogP contribution in [-0.4, -0.2) is 46.7 Å². The number of rotatable bonds is 6. The number of halogens is 3. The molecule has 23 heavy (non-hydrogen) atoms. The van der Waals surface area contributed by atoms with Gasteiger partial charge in [0.1, 0.15) is 12.4 Å². The molecule has 0 aromatic carbocycles. The van der Waals surface area contributed by atoms with Crippen molar-refractivity contribution in [2.24, 2.45) is 5.92 Å². The number of carbonyl (C=O) groups excluding carboxylic acids is 1. The van der Waals surface area contributed by atoms with E-state index in [1.165, 1.54) is 17.3 Å². The lowest BCUT2D eigenvalue weighted by molar-refractivity contribution is -0.141. The fourth-order valence-corrected chi connectivity index (χ4v) is 2.82. The van der Waals surface area contributed by atoms with Gasteiger partial charge in [-0.2, -0.15) is 13.2 Å². The summed E-state index contributed by atoms with van der Waals surface area (Å²) >= 11 is 0. The number of hydrogen-bond donors (Lipinski definition) is 1. The Kier molecular flexibility index (Phi) is 6.04. The number of nitrogens with one attached hydrogen (secondary N) is 1. The molecule has 1 aromatic heterocycles. The van der Waals surface area contributed by atoms with E-state index in [0.717, 1.165) is 36.9 Å². The highest BCUT2D eigenvalue weighted by Gasteiger charge is 2.29. The molecule has 0 radical (unpaired) electrons. The highest BCUT2D eigenvalue weighted by Crippen LogP contribution is 2.20. The summed E-state index contributed by atoms with van der Waals surface area (Å²) < 4.78 is 38.5. The van der Waals surface area contributed by atoms with E-state index in [2.05, 4.69) is 10.3 Å². The molecule has 0 aliphatic carbocycles. The van der Waals surface area contributed by atoms with Crippen LogP contribution >= 0.6 is 0 Å². The standard InChI is InChI=1S/C15H23F3N4O/c1-21(14(23)3-2-12-4-6-19-7-5-12)10-13-20-8-9-22(13)11-15(16,17)18/h8-9,12,19H,2-7,10-11H2,1H3. The van der Waals surface area contributed by atoms with Gasteiger partial charge in [0.05, 0.1) is 6.54 Å². The molecular formula is C15H23F3N4O. The molecule has 1 aliphatic heterocycles.